The predicted octanol–water partition coefficient (Wildman–Crippen LogP) is 1.67. The van der Waals surface area contributed by atoms with Crippen LogP contribution in [0.15, 0.2) is 33.7 Å². The van der Waals surface area contributed by atoms with Gasteiger partial charge in [0.2, 0.25) is 5.88 Å². The molecule has 0 atom stereocenters. The third-order valence-corrected chi connectivity index (χ3v) is 3.94. The van der Waals surface area contributed by atoms with Crippen LogP contribution in [0.4, 0.5) is 11.6 Å². The van der Waals surface area contributed by atoms with Gasteiger partial charge in [-0.15, -0.1) is 0 Å². The minimum absolute atomic E-state index is 0.0547. The van der Waals surface area contributed by atoms with Crippen LogP contribution in [0.25, 0.3) is 0 Å². The highest BCUT2D eigenvalue weighted by atomic mass is 32.2. The number of aromatic nitrogens is 1. The highest BCUT2D eigenvalue weighted by Crippen LogP contribution is 2.24. The molecule has 0 bridgehead atoms. The molecule has 0 unspecified atom stereocenters. The van der Waals surface area contributed by atoms with Crippen molar-refractivity contribution in [1.29, 1.82) is 0 Å². The molecule has 2 rings (SSSR count). The fourth-order valence-electron chi connectivity index (χ4n) is 1.64. The van der Waals surface area contributed by atoms with Crippen LogP contribution in [0.5, 0.6) is 0 Å². The van der Waals surface area contributed by atoms with E-state index in [1.165, 1.54) is 12.1 Å². The van der Waals surface area contributed by atoms with Crippen LogP contribution >= 0.6 is 0 Å². The van der Waals surface area contributed by atoms with Crippen molar-refractivity contribution in [2.75, 3.05) is 10.5 Å². The van der Waals surface area contributed by atoms with E-state index >= 15 is 0 Å². The maximum Gasteiger partial charge on any atom is 0.266 e. The average Bonchev–Trinajstić information content (AvgIpc) is 2.62. The molecule has 0 spiro atoms. The third kappa shape index (κ3) is 2.30. The molecule has 1 aromatic carbocycles. The van der Waals surface area contributed by atoms with E-state index in [-0.39, 0.29) is 16.5 Å². The number of rotatable bonds is 3. The van der Waals surface area contributed by atoms with Crippen LogP contribution in [0.3, 0.4) is 0 Å². The van der Waals surface area contributed by atoms with Gasteiger partial charge in [0.15, 0.2) is 0 Å². The van der Waals surface area contributed by atoms with Crippen molar-refractivity contribution in [3.63, 3.8) is 0 Å². The summed E-state index contributed by atoms with van der Waals surface area (Å²) in [5, 5.41) is 3.61. The summed E-state index contributed by atoms with van der Waals surface area (Å²) in [5.74, 6) is 0.0650. The number of hydrogen-bond acceptors (Lipinski definition) is 5. The highest BCUT2D eigenvalue weighted by molar-refractivity contribution is 7.93. The fourth-order valence-corrected chi connectivity index (χ4v) is 2.97. The van der Waals surface area contributed by atoms with E-state index in [0.717, 1.165) is 0 Å². The van der Waals surface area contributed by atoms with Crippen molar-refractivity contribution >= 4 is 21.6 Å². The number of anilines is 2. The first-order chi connectivity index (χ1) is 8.40. The lowest BCUT2D eigenvalue weighted by Gasteiger charge is -2.10. The number of sulfonamides is 1. The Bertz CT molecular complexity index is 656. The van der Waals surface area contributed by atoms with Crippen LogP contribution in [0.1, 0.15) is 11.3 Å². The van der Waals surface area contributed by atoms with Crippen molar-refractivity contribution in [1.82, 2.24) is 5.16 Å². The molecular weight excluding hydrogens is 254 g/mol. The Kier molecular flexibility index (Phi) is 3.00. The van der Waals surface area contributed by atoms with Gasteiger partial charge in [0, 0.05) is 6.07 Å². The molecule has 1 heterocycles. The molecule has 0 saturated heterocycles. The van der Waals surface area contributed by atoms with Crippen LogP contribution in [0, 0.1) is 13.8 Å². The smallest absolute Gasteiger partial charge is 0.266 e. The molecule has 0 fully saturated rings. The van der Waals surface area contributed by atoms with Gasteiger partial charge in [0.05, 0.1) is 11.4 Å². The van der Waals surface area contributed by atoms with E-state index < -0.39 is 10.0 Å². The summed E-state index contributed by atoms with van der Waals surface area (Å²) >= 11 is 0. The minimum Gasteiger partial charge on any atom is -0.398 e. The molecule has 2 aromatic rings. The van der Waals surface area contributed by atoms with Crippen LogP contribution in [-0.2, 0) is 10.0 Å². The van der Waals surface area contributed by atoms with Gasteiger partial charge in [0.25, 0.3) is 10.0 Å². The summed E-state index contributed by atoms with van der Waals surface area (Å²) in [6.07, 6.45) is 0. The molecule has 7 heteroatoms. The SMILES string of the molecule is Cc1cc(NS(=O)(=O)c2c(C)cccc2N)on1. The molecular formula is C11H13N3O3S. The van der Waals surface area contributed by atoms with Gasteiger partial charge in [-0.05, 0) is 25.5 Å². The van der Waals surface area contributed by atoms with E-state index in [1.54, 1.807) is 26.0 Å². The van der Waals surface area contributed by atoms with Crippen LogP contribution in [0.2, 0.25) is 0 Å². The van der Waals surface area contributed by atoms with E-state index in [0.29, 0.717) is 11.3 Å². The molecule has 3 N–H and O–H groups in total. The Hall–Kier alpha value is -2.02. The summed E-state index contributed by atoms with van der Waals surface area (Å²) < 4.78 is 31.5. The topological polar surface area (TPSA) is 98.2 Å². The maximum atomic E-state index is 12.2. The number of aryl methyl sites for hydroxylation is 2. The Morgan fingerprint density at radius 1 is 1.33 bits per heavy atom. The Morgan fingerprint density at radius 3 is 2.61 bits per heavy atom. The maximum absolute atomic E-state index is 12.2. The quantitative estimate of drug-likeness (QED) is 0.824. The lowest BCUT2D eigenvalue weighted by molar-refractivity contribution is 0.430. The number of nitrogen functional groups attached to an aromatic ring is 1. The summed E-state index contributed by atoms with van der Waals surface area (Å²) in [4.78, 5) is 0.0547. The first-order valence-corrected chi connectivity index (χ1v) is 6.70. The summed E-state index contributed by atoms with van der Waals surface area (Å²) in [7, 11) is -3.77. The first kappa shape index (κ1) is 12.4. The van der Waals surface area contributed by atoms with E-state index in [4.69, 9.17) is 10.3 Å². The molecule has 0 amide bonds. The zero-order valence-corrected chi connectivity index (χ0v) is 10.8. The molecule has 96 valence electrons. The van der Waals surface area contributed by atoms with E-state index in [2.05, 4.69) is 9.88 Å². The molecule has 0 aliphatic heterocycles. The zero-order valence-electron chi connectivity index (χ0n) is 9.97. The number of benzene rings is 1. The number of nitrogens with one attached hydrogen (secondary N) is 1. The van der Waals surface area contributed by atoms with Gasteiger partial charge >= 0.3 is 0 Å². The van der Waals surface area contributed by atoms with Crippen molar-refractivity contribution in [3.05, 3.63) is 35.5 Å². The number of nitrogens with two attached hydrogens (primary N) is 1. The molecule has 0 saturated carbocycles. The molecule has 0 radical (unpaired) electrons. The Labute approximate surface area is 105 Å². The van der Waals surface area contributed by atoms with Crippen molar-refractivity contribution in [3.8, 4) is 0 Å². The molecule has 18 heavy (non-hydrogen) atoms. The van der Waals surface area contributed by atoms with Gasteiger partial charge < -0.3 is 10.3 Å². The monoisotopic (exact) mass is 267 g/mol. The van der Waals surface area contributed by atoms with Gasteiger partial charge in [-0.25, -0.2) is 13.1 Å². The van der Waals surface area contributed by atoms with Gasteiger partial charge in [-0.2, -0.15) is 0 Å². The Morgan fingerprint density at radius 2 is 2.06 bits per heavy atom. The van der Waals surface area contributed by atoms with Crippen molar-refractivity contribution in [2.45, 2.75) is 18.7 Å². The lowest BCUT2D eigenvalue weighted by atomic mass is 10.2. The summed E-state index contributed by atoms with van der Waals surface area (Å²) in [5.41, 5.74) is 7.05. The molecule has 0 aliphatic carbocycles. The zero-order chi connectivity index (χ0) is 13.3. The van der Waals surface area contributed by atoms with Gasteiger partial charge in [0.1, 0.15) is 4.90 Å². The summed E-state index contributed by atoms with van der Waals surface area (Å²) in [6.45, 7) is 3.37. The second kappa shape index (κ2) is 4.34. The van der Waals surface area contributed by atoms with Crippen molar-refractivity contribution < 1.29 is 12.9 Å². The molecule has 6 nitrogen and oxygen atoms in total. The highest BCUT2D eigenvalue weighted by Gasteiger charge is 2.21. The molecule has 0 aliphatic rings. The van der Waals surface area contributed by atoms with E-state index in [9.17, 15) is 8.42 Å². The summed E-state index contributed by atoms with van der Waals surface area (Å²) in [6, 6.07) is 6.40. The normalized spacial score (nSPS) is 11.4. The predicted molar refractivity (Wildman–Crippen MR) is 67.6 cm³/mol. The fraction of sp³-hybridized carbons (Fsp3) is 0.182. The number of hydrogen-bond donors (Lipinski definition) is 2. The van der Waals surface area contributed by atoms with Crippen LogP contribution in [-0.4, -0.2) is 13.6 Å². The second-order valence-corrected chi connectivity index (χ2v) is 5.55. The van der Waals surface area contributed by atoms with Crippen molar-refractivity contribution in [2.24, 2.45) is 0 Å². The Balaban J connectivity index is 2.43. The standard InChI is InChI=1S/C11H13N3O3S/c1-7-4-3-5-9(12)11(7)18(15,16)14-10-6-8(2)13-17-10/h3-6,14H,12H2,1-2H3. The average molecular weight is 267 g/mol. The van der Waals surface area contributed by atoms with Crippen LogP contribution < -0.4 is 10.5 Å². The third-order valence-electron chi connectivity index (χ3n) is 2.37. The largest absolute Gasteiger partial charge is 0.398 e. The minimum atomic E-state index is -3.77. The van der Waals surface area contributed by atoms with E-state index in [1.807, 2.05) is 0 Å². The van der Waals surface area contributed by atoms with Gasteiger partial charge in [-0.3, -0.25) is 0 Å². The molecule has 1 aromatic heterocycles. The van der Waals surface area contributed by atoms with Gasteiger partial charge in [-0.1, -0.05) is 17.3 Å². The second-order valence-electron chi connectivity index (χ2n) is 3.93. The number of nitrogens with zero attached hydrogens (tertiary/aromatic N) is 1. The first-order valence-electron chi connectivity index (χ1n) is 5.21. The lowest BCUT2D eigenvalue weighted by Crippen LogP contribution is -2.15.